The van der Waals surface area contributed by atoms with Gasteiger partial charge in [-0.2, -0.15) is 0 Å². The number of rotatable bonds is 7. The Balaban J connectivity index is 2.95. The molecule has 0 aliphatic carbocycles. The summed E-state index contributed by atoms with van der Waals surface area (Å²) in [6, 6.07) is -1.16. The fourth-order valence-corrected chi connectivity index (χ4v) is 1.65. The molecule has 2 amide bonds. The first-order valence-electron chi connectivity index (χ1n) is 6.57. The summed E-state index contributed by atoms with van der Waals surface area (Å²) in [5, 5.41) is 20.3. The lowest BCUT2D eigenvalue weighted by Gasteiger charge is -2.26. The van der Waals surface area contributed by atoms with Crippen LogP contribution in [0.3, 0.4) is 0 Å². The molecular formula is C13H16N4O6. The number of hydrogen-bond acceptors (Lipinski definition) is 6. The summed E-state index contributed by atoms with van der Waals surface area (Å²) in [5.41, 5.74) is -0.524. The Hall–Kier alpha value is -3.04. The lowest BCUT2D eigenvalue weighted by molar-refractivity contribution is -0.141. The van der Waals surface area contributed by atoms with Crippen LogP contribution in [0.5, 0.6) is 0 Å². The number of nitrogens with zero attached hydrogens (tertiary/aromatic N) is 3. The molecule has 124 valence electrons. The third kappa shape index (κ3) is 5.02. The van der Waals surface area contributed by atoms with E-state index in [0.29, 0.717) is 0 Å². The van der Waals surface area contributed by atoms with Crippen LogP contribution in [0.1, 0.15) is 34.8 Å². The average molecular weight is 324 g/mol. The van der Waals surface area contributed by atoms with Crippen molar-refractivity contribution in [3.63, 3.8) is 0 Å². The number of aliphatic carboxylic acids is 1. The van der Waals surface area contributed by atoms with Gasteiger partial charge in [-0.05, 0) is 6.92 Å². The van der Waals surface area contributed by atoms with Crippen LogP contribution in [0.15, 0.2) is 12.4 Å². The number of hydrogen-bond donors (Lipinski definition) is 3. The van der Waals surface area contributed by atoms with Crippen LogP contribution in [-0.2, 0) is 9.59 Å². The van der Waals surface area contributed by atoms with Gasteiger partial charge in [0.15, 0.2) is 5.69 Å². The van der Waals surface area contributed by atoms with E-state index < -0.39 is 23.9 Å². The molecule has 0 aromatic carbocycles. The average Bonchev–Trinajstić information content (AvgIpc) is 2.50. The second-order valence-electron chi connectivity index (χ2n) is 4.59. The Morgan fingerprint density at radius 1 is 1.17 bits per heavy atom. The van der Waals surface area contributed by atoms with Gasteiger partial charge in [-0.25, -0.2) is 19.6 Å². The zero-order valence-electron chi connectivity index (χ0n) is 12.5. The van der Waals surface area contributed by atoms with E-state index in [1.165, 1.54) is 13.8 Å². The fraction of sp³-hybridized carbons (Fsp3) is 0.385. The zero-order valence-corrected chi connectivity index (χ0v) is 12.5. The van der Waals surface area contributed by atoms with E-state index in [0.717, 1.165) is 17.3 Å². The van der Waals surface area contributed by atoms with Gasteiger partial charge in [0.25, 0.3) is 5.91 Å². The molecule has 10 heteroatoms. The standard InChI is InChI=1S/C13H16N4O6/c1-7(12(20)21)17(4-3-14-8(2)18)11(19)9-5-16-10(6-15-9)13(22)23/h5-7H,3-4H2,1-2H3,(H,14,18)(H,20,21)(H,22,23). The number of carbonyl (C=O) groups is 4. The van der Waals surface area contributed by atoms with E-state index in [-0.39, 0.29) is 30.4 Å². The first-order valence-corrected chi connectivity index (χ1v) is 6.57. The number of carbonyl (C=O) groups excluding carboxylic acids is 2. The molecule has 1 atom stereocenters. The minimum atomic E-state index is -1.29. The number of nitrogens with one attached hydrogen (secondary N) is 1. The Morgan fingerprint density at radius 3 is 2.17 bits per heavy atom. The normalized spacial score (nSPS) is 11.4. The highest BCUT2D eigenvalue weighted by Crippen LogP contribution is 2.07. The maximum atomic E-state index is 12.3. The second-order valence-corrected chi connectivity index (χ2v) is 4.59. The third-order valence-corrected chi connectivity index (χ3v) is 2.90. The first kappa shape index (κ1) is 18.0. The van der Waals surface area contributed by atoms with E-state index in [2.05, 4.69) is 15.3 Å². The largest absolute Gasteiger partial charge is 0.480 e. The molecule has 1 rings (SSSR count). The number of aromatic nitrogens is 2. The van der Waals surface area contributed by atoms with Crippen molar-refractivity contribution in [1.29, 1.82) is 0 Å². The Labute approximate surface area is 131 Å². The van der Waals surface area contributed by atoms with Crippen LogP contribution >= 0.6 is 0 Å². The molecule has 10 nitrogen and oxygen atoms in total. The number of amides is 2. The molecule has 0 aliphatic heterocycles. The predicted molar refractivity (Wildman–Crippen MR) is 75.8 cm³/mol. The quantitative estimate of drug-likeness (QED) is 0.591. The van der Waals surface area contributed by atoms with Crippen LogP contribution in [0, 0.1) is 0 Å². The summed E-state index contributed by atoms with van der Waals surface area (Å²) in [7, 11) is 0. The number of carboxylic acids is 2. The van der Waals surface area contributed by atoms with Crippen molar-refractivity contribution in [3.8, 4) is 0 Å². The Morgan fingerprint density at radius 2 is 1.74 bits per heavy atom. The van der Waals surface area contributed by atoms with Gasteiger partial charge in [-0.1, -0.05) is 0 Å². The molecule has 0 aliphatic rings. The van der Waals surface area contributed by atoms with Gasteiger partial charge in [0, 0.05) is 20.0 Å². The molecule has 0 fully saturated rings. The maximum absolute atomic E-state index is 12.3. The summed E-state index contributed by atoms with van der Waals surface area (Å²) in [4.78, 5) is 53.3. The van der Waals surface area contributed by atoms with Crippen LogP contribution in [-0.4, -0.2) is 68.0 Å². The van der Waals surface area contributed by atoms with Crippen molar-refractivity contribution in [2.75, 3.05) is 13.1 Å². The SMILES string of the molecule is CC(=O)NCCN(C(=O)c1cnc(C(=O)O)cn1)C(C)C(=O)O. The summed E-state index contributed by atoms with van der Waals surface area (Å²) >= 11 is 0. The van der Waals surface area contributed by atoms with Gasteiger partial charge < -0.3 is 20.4 Å². The van der Waals surface area contributed by atoms with Crippen LogP contribution in [0.2, 0.25) is 0 Å². The second kappa shape index (κ2) is 7.82. The van der Waals surface area contributed by atoms with Crippen LogP contribution < -0.4 is 5.32 Å². The molecule has 0 bridgehead atoms. The van der Waals surface area contributed by atoms with Crippen molar-refractivity contribution >= 4 is 23.8 Å². The van der Waals surface area contributed by atoms with Gasteiger partial charge in [0.1, 0.15) is 11.7 Å². The van der Waals surface area contributed by atoms with E-state index >= 15 is 0 Å². The third-order valence-electron chi connectivity index (χ3n) is 2.90. The molecule has 0 saturated carbocycles. The smallest absolute Gasteiger partial charge is 0.356 e. The monoisotopic (exact) mass is 324 g/mol. The minimum absolute atomic E-state index is 0.0474. The van der Waals surface area contributed by atoms with E-state index in [1.807, 2.05) is 0 Å². The summed E-state index contributed by atoms with van der Waals surface area (Å²) in [6.45, 7) is 2.63. The fourth-order valence-electron chi connectivity index (χ4n) is 1.65. The van der Waals surface area contributed by atoms with Crippen molar-refractivity contribution in [1.82, 2.24) is 20.2 Å². The highest BCUT2D eigenvalue weighted by Gasteiger charge is 2.27. The van der Waals surface area contributed by atoms with Gasteiger partial charge in [-0.15, -0.1) is 0 Å². The maximum Gasteiger partial charge on any atom is 0.356 e. The van der Waals surface area contributed by atoms with E-state index in [9.17, 15) is 19.2 Å². The molecule has 23 heavy (non-hydrogen) atoms. The van der Waals surface area contributed by atoms with Gasteiger partial charge >= 0.3 is 11.9 Å². The molecule has 0 saturated heterocycles. The topological polar surface area (TPSA) is 150 Å². The zero-order chi connectivity index (χ0) is 17.6. The lowest BCUT2D eigenvalue weighted by atomic mass is 10.2. The van der Waals surface area contributed by atoms with Crippen molar-refractivity contribution < 1.29 is 29.4 Å². The molecule has 0 radical (unpaired) electrons. The molecule has 1 aromatic heterocycles. The molecular weight excluding hydrogens is 308 g/mol. The number of carboxylic acid groups (broad SMARTS) is 2. The minimum Gasteiger partial charge on any atom is -0.480 e. The number of aromatic carboxylic acids is 1. The van der Waals surface area contributed by atoms with Crippen molar-refractivity contribution in [2.24, 2.45) is 0 Å². The molecule has 0 spiro atoms. The summed E-state index contributed by atoms with van der Waals surface area (Å²) in [5.74, 6) is -3.56. The lowest BCUT2D eigenvalue weighted by Crippen LogP contribution is -2.47. The van der Waals surface area contributed by atoms with E-state index in [4.69, 9.17) is 10.2 Å². The van der Waals surface area contributed by atoms with Crippen LogP contribution in [0.25, 0.3) is 0 Å². The summed E-state index contributed by atoms with van der Waals surface area (Å²) < 4.78 is 0. The van der Waals surface area contributed by atoms with Gasteiger partial charge in [0.2, 0.25) is 5.91 Å². The van der Waals surface area contributed by atoms with E-state index in [1.54, 1.807) is 0 Å². The highest BCUT2D eigenvalue weighted by molar-refractivity contribution is 5.95. The van der Waals surface area contributed by atoms with Crippen molar-refractivity contribution in [3.05, 3.63) is 23.8 Å². The molecule has 1 heterocycles. The van der Waals surface area contributed by atoms with Gasteiger partial charge in [-0.3, -0.25) is 9.59 Å². The van der Waals surface area contributed by atoms with Crippen LogP contribution in [0.4, 0.5) is 0 Å². The Bertz CT molecular complexity index is 615. The molecule has 1 unspecified atom stereocenters. The predicted octanol–water partition coefficient (Wildman–Crippen LogP) is -0.774. The Kier molecular flexibility index (Phi) is 6.13. The van der Waals surface area contributed by atoms with Gasteiger partial charge in [0.05, 0.1) is 12.4 Å². The molecule has 3 N–H and O–H groups in total. The first-order chi connectivity index (χ1) is 10.7. The molecule has 1 aromatic rings. The van der Waals surface area contributed by atoms with Crippen molar-refractivity contribution in [2.45, 2.75) is 19.9 Å². The summed E-state index contributed by atoms with van der Waals surface area (Å²) in [6.07, 6.45) is 1.87. The highest BCUT2D eigenvalue weighted by atomic mass is 16.4.